The van der Waals surface area contributed by atoms with E-state index in [0.29, 0.717) is 36.3 Å². The van der Waals surface area contributed by atoms with Gasteiger partial charge in [0.1, 0.15) is 12.4 Å². The molecule has 28 heavy (non-hydrogen) atoms. The van der Waals surface area contributed by atoms with E-state index in [1.165, 1.54) is 0 Å². The minimum Gasteiger partial charge on any atom is -0.491 e. The molecule has 0 aromatic heterocycles. The molecule has 0 saturated heterocycles. The Morgan fingerprint density at radius 1 is 1.14 bits per heavy atom. The largest absolute Gasteiger partial charge is 0.491 e. The van der Waals surface area contributed by atoms with Gasteiger partial charge in [0, 0.05) is 26.1 Å². The van der Waals surface area contributed by atoms with Crippen LogP contribution in [0.1, 0.15) is 62.7 Å². The summed E-state index contributed by atoms with van der Waals surface area (Å²) in [7, 11) is 1.84. The molecule has 0 bridgehead atoms. The number of carbonyl (C=O) groups is 2. The summed E-state index contributed by atoms with van der Waals surface area (Å²) in [6.45, 7) is 6.25. The predicted molar refractivity (Wildman–Crippen MR) is 110 cm³/mol. The van der Waals surface area contributed by atoms with Crippen molar-refractivity contribution in [2.24, 2.45) is 11.8 Å². The summed E-state index contributed by atoms with van der Waals surface area (Å²) in [5.41, 5.74) is 0.603. The quantitative estimate of drug-likeness (QED) is 0.790. The van der Waals surface area contributed by atoms with Crippen molar-refractivity contribution in [1.82, 2.24) is 9.80 Å². The van der Waals surface area contributed by atoms with Crippen LogP contribution in [-0.2, 0) is 4.79 Å². The molecule has 2 aliphatic rings. The number of benzene rings is 1. The summed E-state index contributed by atoms with van der Waals surface area (Å²) in [4.78, 5) is 29.8. The highest BCUT2D eigenvalue weighted by Gasteiger charge is 2.34. The number of carbonyl (C=O) groups excluding carboxylic acids is 2. The molecular weight excluding hydrogens is 352 g/mol. The van der Waals surface area contributed by atoms with Gasteiger partial charge in [-0.25, -0.2) is 0 Å². The summed E-state index contributed by atoms with van der Waals surface area (Å²) >= 11 is 0. The highest BCUT2D eigenvalue weighted by atomic mass is 16.5. The highest BCUT2D eigenvalue weighted by molar-refractivity contribution is 5.96. The van der Waals surface area contributed by atoms with Gasteiger partial charge in [0.05, 0.1) is 11.6 Å². The fourth-order valence-electron chi connectivity index (χ4n) is 4.09. The maximum atomic E-state index is 13.2. The first-order valence-corrected chi connectivity index (χ1v) is 10.7. The van der Waals surface area contributed by atoms with Gasteiger partial charge in [-0.1, -0.05) is 32.4 Å². The number of nitrogens with zero attached hydrogens (tertiary/aromatic N) is 2. The average molecular weight is 387 g/mol. The smallest absolute Gasteiger partial charge is 0.257 e. The van der Waals surface area contributed by atoms with E-state index in [4.69, 9.17) is 4.74 Å². The van der Waals surface area contributed by atoms with Crippen molar-refractivity contribution < 1.29 is 14.3 Å². The number of para-hydroxylation sites is 1. The van der Waals surface area contributed by atoms with Gasteiger partial charge in [0.25, 0.3) is 5.91 Å². The Balaban J connectivity index is 1.86. The van der Waals surface area contributed by atoms with Crippen LogP contribution in [0.4, 0.5) is 0 Å². The van der Waals surface area contributed by atoms with Crippen molar-refractivity contribution in [3.05, 3.63) is 29.8 Å². The molecule has 0 N–H and O–H groups in total. The maximum absolute atomic E-state index is 13.2. The van der Waals surface area contributed by atoms with E-state index in [1.54, 1.807) is 4.90 Å². The first-order chi connectivity index (χ1) is 13.5. The number of ether oxygens (including phenoxy) is 1. The van der Waals surface area contributed by atoms with Crippen molar-refractivity contribution in [1.29, 1.82) is 0 Å². The summed E-state index contributed by atoms with van der Waals surface area (Å²) in [5, 5.41) is 0. The van der Waals surface area contributed by atoms with E-state index in [2.05, 4.69) is 18.7 Å². The zero-order chi connectivity index (χ0) is 20.1. The molecule has 3 rings (SSSR count). The van der Waals surface area contributed by atoms with Crippen molar-refractivity contribution in [3.8, 4) is 5.75 Å². The zero-order valence-corrected chi connectivity index (χ0v) is 17.5. The van der Waals surface area contributed by atoms with Crippen LogP contribution in [0.3, 0.4) is 0 Å². The van der Waals surface area contributed by atoms with Crippen LogP contribution in [0, 0.1) is 11.8 Å². The van der Waals surface area contributed by atoms with Gasteiger partial charge in [-0.15, -0.1) is 0 Å². The molecule has 2 amide bonds. The molecule has 1 atom stereocenters. The third-order valence-corrected chi connectivity index (χ3v) is 5.96. The van der Waals surface area contributed by atoms with Crippen LogP contribution in [0.2, 0.25) is 0 Å². The highest BCUT2D eigenvalue weighted by Crippen LogP contribution is 2.30. The second-order valence-corrected chi connectivity index (χ2v) is 8.68. The normalized spacial score (nSPS) is 22.0. The van der Waals surface area contributed by atoms with Crippen molar-refractivity contribution >= 4 is 11.8 Å². The minimum absolute atomic E-state index is 0.000941. The van der Waals surface area contributed by atoms with Gasteiger partial charge in [-0.05, 0) is 50.2 Å². The van der Waals surface area contributed by atoms with Gasteiger partial charge in [0.15, 0.2) is 0 Å². The Hall–Kier alpha value is -2.04. The van der Waals surface area contributed by atoms with Crippen LogP contribution in [-0.4, -0.2) is 54.4 Å². The van der Waals surface area contributed by atoms with Gasteiger partial charge in [-0.3, -0.25) is 9.59 Å². The van der Waals surface area contributed by atoms with Crippen molar-refractivity contribution in [3.63, 3.8) is 0 Å². The second kappa shape index (κ2) is 9.44. The molecule has 5 heteroatoms. The van der Waals surface area contributed by atoms with E-state index in [1.807, 2.05) is 31.3 Å². The van der Waals surface area contributed by atoms with Crippen LogP contribution in [0.25, 0.3) is 0 Å². The molecular formula is C23H34N2O3. The number of hydrogen-bond acceptors (Lipinski definition) is 3. The third-order valence-electron chi connectivity index (χ3n) is 5.96. The lowest BCUT2D eigenvalue weighted by molar-refractivity contribution is -0.141. The molecule has 0 unspecified atom stereocenters. The molecule has 0 spiro atoms. The molecule has 5 nitrogen and oxygen atoms in total. The SMILES string of the molecule is CC(C)C[C@H]1COc2ccccc2C(=O)N(C)CCCCN1C(=O)C1CCC1. The van der Waals surface area contributed by atoms with Crippen LogP contribution >= 0.6 is 0 Å². The number of hydrogen-bond donors (Lipinski definition) is 0. The predicted octanol–water partition coefficient (Wildman–Crippen LogP) is 3.97. The van der Waals surface area contributed by atoms with Crippen molar-refractivity contribution in [2.75, 3.05) is 26.7 Å². The van der Waals surface area contributed by atoms with E-state index in [-0.39, 0.29) is 17.9 Å². The molecule has 1 aromatic carbocycles. The van der Waals surface area contributed by atoms with Crippen molar-refractivity contribution in [2.45, 2.75) is 58.4 Å². The Bertz CT molecular complexity index is 684. The van der Waals surface area contributed by atoms with E-state index < -0.39 is 0 Å². The van der Waals surface area contributed by atoms with Crippen LogP contribution in [0.5, 0.6) is 5.75 Å². The van der Waals surface area contributed by atoms with Crippen LogP contribution < -0.4 is 4.74 Å². The fraction of sp³-hybridized carbons (Fsp3) is 0.652. The van der Waals surface area contributed by atoms with E-state index in [9.17, 15) is 9.59 Å². The first kappa shape index (κ1) is 20.7. The average Bonchev–Trinajstić information content (AvgIpc) is 2.62. The van der Waals surface area contributed by atoms with E-state index in [0.717, 1.165) is 45.1 Å². The summed E-state index contributed by atoms with van der Waals surface area (Å²) < 4.78 is 6.16. The standard InChI is InChI=1S/C23H34N2O3/c1-17(2)15-19-16-28-21-12-5-4-11-20(21)23(27)24(3)13-6-7-14-25(19)22(26)18-9-8-10-18/h4-5,11-12,17-19H,6-10,13-16H2,1-3H3/t19-/m0/s1. The summed E-state index contributed by atoms with van der Waals surface area (Å²) in [6.07, 6.45) is 5.92. The topological polar surface area (TPSA) is 49.9 Å². The Kier molecular flexibility index (Phi) is 6.97. The monoisotopic (exact) mass is 386 g/mol. The molecule has 1 heterocycles. The maximum Gasteiger partial charge on any atom is 0.257 e. The summed E-state index contributed by atoms with van der Waals surface area (Å²) in [6, 6.07) is 7.50. The summed E-state index contributed by atoms with van der Waals surface area (Å²) in [5.74, 6) is 1.58. The number of fused-ring (bicyclic) bond motifs is 1. The molecule has 0 radical (unpaired) electrons. The lowest BCUT2D eigenvalue weighted by Gasteiger charge is -2.38. The molecule has 1 aliphatic carbocycles. The van der Waals surface area contributed by atoms with Crippen LogP contribution in [0.15, 0.2) is 24.3 Å². The molecule has 1 fully saturated rings. The molecule has 1 aliphatic heterocycles. The Morgan fingerprint density at radius 3 is 2.54 bits per heavy atom. The lowest BCUT2D eigenvalue weighted by Crippen LogP contribution is -2.49. The van der Waals surface area contributed by atoms with Gasteiger partial charge in [-0.2, -0.15) is 0 Å². The van der Waals surface area contributed by atoms with E-state index >= 15 is 0 Å². The zero-order valence-electron chi connectivity index (χ0n) is 17.5. The van der Waals surface area contributed by atoms with Gasteiger partial charge >= 0.3 is 0 Å². The third kappa shape index (κ3) is 4.86. The Morgan fingerprint density at radius 2 is 1.86 bits per heavy atom. The minimum atomic E-state index is -0.000941. The lowest BCUT2D eigenvalue weighted by atomic mass is 9.83. The molecule has 154 valence electrons. The molecule has 1 saturated carbocycles. The second-order valence-electron chi connectivity index (χ2n) is 8.68. The number of rotatable bonds is 3. The number of amides is 2. The Labute approximate surface area is 169 Å². The first-order valence-electron chi connectivity index (χ1n) is 10.7. The van der Waals surface area contributed by atoms with Gasteiger partial charge < -0.3 is 14.5 Å². The molecule has 1 aromatic rings. The fourth-order valence-corrected chi connectivity index (χ4v) is 4.09. The van der Waals surface area contributed by atoms with Gasteiger partial charge in [0.2, 0.25) is 5.91 Å².